The highest BCUT2D eigenvalue weighted by molar-refractivity contribution is 5.94. The van der Waals surface area contributed by atoms with Crippen LogP contribution in [0.3, 0.4) is 0 Å². The van der Waals surface area contributed by atoms with Gasteiger partial charge in [0.15, 0.2) is 5.76 Å². The third kappa shape index (κ3) is 3.53. The third-order valence-electron chi connectivity index (χ3n) is 5.23. The van der Waals surface area contributed by atoms with Crippen molar-refractivity contribution in [2.24, 2.45) is 0 Å². The smallest absolute Gasteiger partial charge is 0.272 e. The molecule has 1 amide bonds. The summed E-state index contributed by atoms with van der Waals surface area (Å²) in [5.74, 6) is 0.552. The number of benzene rings is 2. The molecule has 0 bridgehead atoms. The molecule has 3 heterocycles. The number of amides is 1. The van der Waals surface area contributed by atoms with E-state index in [1.807, 2.05) is 77.7 Å². The summed E-state index contributed by atoms with van der Waals surface area (Å²) in [6.07, 6.45) is 1.46. The predicted molar refractivity (Wildman–Crippen MR) is 112 cm³/mol. The highest BCUT2D eigenvalue weighted by atomic mass is 16.5. The first-order valence-corrected chi connectivity index (χ1v) is 9.95. The molecule has 4 aromatic rings. The molecule has 0 radical (unpaired) electrons. The SMILES string of the molecule is O=C(c1cc(-c2ccco2)nn1-c1ccccc1)N1CCO[C@H](c2ccccc2)C1. The van der Waals surface area contributed by atoms with Crippen LogP contribution in [0.15, 0.2) is 89.5 Å². The Balaban J connectivity index is 1.49. The maximum atomic E-state index is 13.5. The molecule has 6 heteroatoms. The van der Waals surface area contributed by atoms with E-state index in [1.54, 1.807) is 17.0 Å². The van der Waals surface area contributed by atoms with Gasteiger partial charge in [0.25, 0.3) is 5.91 Å². The second kappa shape index (κ2) is 8.00. The van der Waals surface area contributed by atoms with Crippen LogP contribution in [0.4, 0.5) is 0 Å². The van der Waals surface area contributed by atoms with Crippen molar-refractivity contribution in [2.75, 3.05) is 19.7 Å². The first kappa shape index (κ1) is 18.4. The van der Waals surface area contributed by atoms with Crippen molar-refractivity contribution in [3.8, 4) is 17.1 Å². The molecule has 1 aliphatic heterocycles. The zero-order chi connectivity index (χ0) is 20.3. The van der Waals surface area contributed by atoms with Gasteiger partial charge in [-0.15, -0.1) is 0 Å². The molecule has 30 heavy (non-hydrogen) atoms. The van der Waals surface area contributed by atoms with Gasteiger partial charge in [0.1, 0.15) is 17.5 Å². The van der Waals surface area contributed by atoms with E-state index in [9.17, 15) is 4.79 Å². The van der Waals surface area contributed by atoms with Crippen molar-refractivity contribution in [1.29, 1.82) is 0 Å². The van der Waals surface area contributed by atoms with E-state index >= 15 is 0 Å². The minimum absolute atomic E-state index is 0.0756. The monoisotopic (exact) mass is 399 g/mol. The van der Waals surface area contributed by atoms with Crippen LogP contribution in [0.5, 0.6) is 0 Å². The van der Waals surface area contributed by atoms with Crippen molar-refractivity contribution in [3.05, 3.63) is 96.4 Å². The van der Waals surface area contributed by atoms with Gasteiger partial charge >= 0.3 is 0 Å². The maximum Gasteiger partial charge on any atom is 0.272 e. The first-order valence-electron chi connectivity index (χ1n) is 9.95. The van der Waals surface area contributed by atoms with E-state index in [0.29, 0.717) is 36.8 Å². The molecule has 1 fully saturated rings. The van der Waals surface area contributed by atoms with Crippen LogP contribution >= 0.6 is 0 Å². The summed E-state index contributed by atoms with van der Waals surface area (Å²) in [4.78, 5) is 15.4. The standard InChI is InChI=1S/C24H21N3O3/c28-24(26-13-15-30-23(17-26)18-8-3-1-4-9-18)21-16-20(22-12-7-14-29-22)25-27(21)19-10-5-2-6-11-19/h1-12,14,16,23H,13,15,17H2/t23-/m0/s1. The van der Waals surface area contributed by atoms with Crippen molar-refractivity contribution < 1.29 is 13.9 Å². The van der Waals surface area contributed by atoms with Gasteiger partial charge < -0.3 is 14.1 Å². The lowest BCUT2D eigenvalue weighted by molar-refractivity contribution is -0.0231. The summed E-state index contributed by atoms with van der Waals surface area (Å²) in [5, 5.41) is 4.66. The van der Waals surface area contributed by atoms with E-state index in [0.717, 1.165) is 11.3 Å². The van der Waals surface area contributed by atoms with E-state index in [1.165, 1.54) is 0 Å². The molecule has 5 rings (SSSR count). The molecule has 0 aliphatic carbocycles. The molecule has 2 aromatic heterocycles. The summed E-state index contributed by atoms with van der Waals surface area (Å²) in [5.41, 5.74) is 3.02. The van der Waals surface area contributed by atoms with Gasteiger partial charge in [-0.1, -0.05) is 48.5 Å². The Hall–Kier alpha value is -3.64. The van der Waals surface area contributed by atoms with Gasteiger partial charge in [-0.3, -0.25) is 4.79 Å². The molecule has 1 aliphatic rings. The van der Waals surface area contributed by atoms with Gasteiger partial charge in [-0.2, -0.15) is 5.10 Å². The molecule has 0 unspecified atom stereocenters. The topological polar surface area (TPSA) is 60.5 Å². The number of furan rings is 1. The fourth-order valence-corrected chi connectivity index (χ4v) is 3.71. The zero-order valence-electron chi connectivity index (χ0n) is 16.3. The number of carbonyl (C=O) groups excluding carboxylic acids is 1. The molecule has 150 valence electrons. The number of para-hydroxylation sites is 1. The largest absolute Gasteiger partial charge is 0.463 e. The Morgan fingerprint density at radius 2 is 1.73 bits per heavy atom. The van der Waals surface area contributed by atoms with Crippen LogP contribution in [0, 0.1) is 0 Å². The predicted octanol–water partition coefficient (Wildman–Crippen LogP) is 4.35. The lowest BCUT2D eigenvalue weighted by Gasteiger charge is -2.33. The van der Waals surface area contributed by atoms with Gasteiger partial charge in [0, 0.05) is 12.6 Å². The molecule has 2 aromatic carbocycles. The summed E-state index contributed by atoms with van der Waals surface area (Å²) in [6, 6.07) is 25.1. The van der Waals surface area contributed by atoms with Crippen molar-refractivity contribution in [1.82, 2.24) is 14.7 Å². The second-order valence-electron chi connectivity index (χ2n) is 7.16. The number of carbonyl (C=O) groups is 1. The van der Waals surface area contributed by atoms with Gasteiger partial charge in [0.05, 0.1) is 25.1 Å². The number of morpholine rings is 1. The Labute approximate surface area is 174 Å². The number of hydrogen-bond donors (Lipinski definition) is 0. The van der Waals surface area contributed by atoms with Crippen LogP contribution in [0.25, 0.3) is 17.1 Å². The Kier molecular flexibility index (Phi) is 4.91. The normalized spacial score (nSPS) is 16.5. The molecular weight excluding hydrogens is 378 g/mol. The fourth-order valence-electron chi connectivity index (χ4n) is 3.71. The number of aromatic nitrogens is 2. The molecule has 1 atom stereocenters. The van der Waals surface area contributed by atoms with Crippen LogP contribution in [-0.2, 0) is 4.74 Å². The van der Waals surface area contributed by atoms with Gasteiger partial charge in [0.2, 0.25) is 0 Å². The minimum atomic E-state index is -0.137. The van der Waals surface area contributed by atoms with E-state index < -0.39 is 0 Å². The van der Waals surface area contributed by atoms with Crippen molar-refractivity contribution >= 4 is 5.91 Å². The Morgan fingerprint density at radius 3 is 2.47 bits per heavy atom. The molecule has 0 spiro atoms. The number of ether oxygens (including phenoxy) is 1. The number of nitrogens with zero attached hydrogens (tertiary/aromatic N) is 3. The summed E-state index contributed by atoms with van der Waals surface area (Å²) < 4.78 is 13.1. The minimum Gasteiger partial charge on any atom is -0.463 e. The Morgan fingerprint density at radius 1 is 0.967 bits per heavy atom. The quantitative estimate of drug-likeness (QED) is 0.512. The summed E-state index contributed by atoms with van der Waals surface area (Å²) >= 11 is 0. The van der Waals surface area contributed by atoms with E-state index in [2.05, 4.69) is 5.10 Å². The lowest BCUT2D eigenvalue weighted by atomic mass is 10.1. The van der Waals surface area contributed by atoms with Crippen LogP contribution in [0.1, 0.15) is 22.2 Å². The van der Waals surface area contributed by atoms with Crippen molar-refractivity contribution in [3.63, 3.8) is 0 Å². The van der Waals surface area contributed by atoms with Gasteiger partial charge in [-0.25, -0.2) is 4.68 Å². The van der Waals surface area contributed by atoms with E-state index in [4.69, 9.17) is 9.15 Å². The summed E-state index contributed by atoms with van der Waals surface area (Å²) in [7, 11) is 0. The highest BCUT2D eigenvalue weighted by Gasteiger charge is 2.29. The Bertz CT molecular complexity index is 1120. The van der Waals surface area contributed by atoms with Crippen molar-refractivity contribution in [2.45, 2.75) is 6.10 Å². The van der Waals surface area contributed by atoms with Gasteiger partial charge in [-0.05, 0) is 29.8 Å². The lowest BCUT2D eigenvalue weighted by Crippen LogP contribution is -2.42. The number of hydrogen-bond acceptors (Lipinski definition) is 4. The average molecular weight is 399 g/mol. The van der Waals surface area contributed by atoms with Crippen LogP contribution < -0.4 is 0 Å². The molecule has 0 saturated carbocycles. The maximum absolute atomic E-state index is 13.5. The molecule has 6 nitrogen and oxygen atoms in total. The van der Waals surface area contributed by atoms with Crippen LogP contribution in [-0.4, -0.2) is 40.3 Å². The average Bonchev–Trinajstić information content (AvgIpc) is 3.50. The molecular formula is C24H21N3O3. The summed E-state index contributed by atoms with van der Waals surface area (Å²) in [6.45, 7) is 1.53. The first-order chi connectivity index (χ1) is 14.8. The third-order valence-corrected chi connectivity index (χ3v) is 5.23. The van der Waals surface area contributed by atoms with Crippen LogP contribution in [0.2, 0.25) is 0 Å². The highest BCUT2D eigenvalue weighted by Crippen LogP contribution is 2.26. The molecule has 1 saturated heterocycles. The molecule has 0 N–H and O–H groups in total. The second-order valence-corrected chi connectivity index (χ2v) is 7.16. The van der Waals surface area contributed by atoms with E-state index in [-0.39, 0.29) is 12.0 Å². The fraction of sp³-hybridized carbons (Fsp3) is 0.167. The number of rotatable bonds is 4. The zero-order valence-corrected chi connectivity index (χ0v) is 16.3.